The maximum Gasteiger partial charge on any atom is 0.160 e. The molecule has 0 aliphatic heterocycles. The number of hydrogen-bond acceptors (Lipinski definition) is 2. The lowest BCUT2D eigenvalue weighted by molar-refractivity contribution is -0.179. The van der Waals surface area contributed by atoms with Gasteiger partial charge in [-0.05, 0) is 32.1 Å². The fourth-order valence-corrected chi connectivity index (χ4v) is 2.21. The second-order valence-corrected chi connectivity index (χ2v) is 4.33. The van der Waals surface area contributed by atoms with Gasteiger partial charge in [-0.25, -0.2) is 0 Å². The van der Waals surface area contributed by atoms with Gasteiger partial charge < -0.3 is 9.47 Å². The third kappa shape index (κ3) is 3.32. The van der Waals surface area contributed by atoms with E-state index >= 15 is 0 Å². The molecule has 0 amide bonds. The van der Waals surface area contributed by atoms with Crippen LogP contribution >= 0.6 is 0 Å². The van der Waals surface area contributed by atoms with Gasteiger partial charge in [0.2, 0.25) is 0 Å². The third-order valence-corrected chi connectivity index (χ3v) is 3.36. The highest BCUT2D eigenvalue weighted by Gasteiger charge is 2.31. The summed E-state index contributed by atoms with van der Waals surface area (Å²) in [5.74, 6) is 1.77. The van der Waals surface area contributed by atoms with Gasteiger partial charge in [-0.2, -0.15) is 0 Å². The molecule has 0 radical (unpaired) electrons. The predicted molar refractivity (Wildman–Crippen MR) is 62.6 cm³/mol. The highest BCUT2D eigenvalue weighted by Crippen LogP contribution is 2.33. The van der Waals surface area contributed by atoms with E-state index in [1.807, 2.05) is 13.8 Å². The molecule has 0 saturated heterocycles. The highest BCUT2D eigenvalue weighted by molar-refractivity contribution is 4.98. The summed E-state index contributed by atoms with van der Waals surface area (Å²) < 4.78 is 11.4. The van der Waals surface area contributed by atoms with E-state index in [-0.39, 0.29) is 6.29 Å². The zero-order valence-corrected chi connectivity index (χ0v) is 10.4. The van der Waals surface area contributed by atoms with Crippen LogP contribution in [0, 0.1) is 17.8 Å². The van der Waals surface area contributed by atoms with Gasteiger partial charge in [0.05, 0.1) is 0 Å². The van der Waals surface area contributed by atoms with Gasteiger partial charge in [-0.3, -0.25) is 0 Å². The van der Waals surface area contributed by atoms with E-state index in [1.54, 1.807) is 0 Å². The van der Waals surface area contributed by atoms with Crippen LogP contribution in [0.3, 0.4) is 0 Å². The molecule has 1 aliphatic rings. The lowest BCUT2D eigenvalue weighted by Gasteiger charge is -2.35. The first-order valence-electron chi connectivity index (χ1n) is 6.10. The van der Waals surface area contributed by atoms with Crippen LogP contribution in [-0.4, -0.2) is 19.5 Å². The van der Waals surface area contributed by atoms with Crippen molar-refractivity contribution in [3.8, 4) is 0 Å². The molecule has 0 heterocycles. The van der Waals surface area contributed by atoms with Gasteiger partial charge in [0, 0.05) is 19.1 Å². The standard InChI is InChI=1S/C13H24O2/c1-5-14-13(15-6-2)12-9-7-8-10(3)11(12)4/h7-8,10-13H,5-6,9H2,1-4H3. The maximum absolute atomic E-state index is 5.68. The molecule has 0 aromatic rings. The van der Waals surface area contributed by atoms with Crippen molar-refractivity contribution in [2.75, 3.05) is 13.2 Å². The van der Waals surface area contributed by atoms with Crippen LogP contribution < -0.4 is 0 Å². The number of allylic oxidation sites excluding steroid dienone is 2. The Kier molecular flexibility index (Phi) is 5.34. The highest BCUT2D eigenvalue weighted by atomic mass is 16.7. The van der Waals surface area contributed by atoms with Crippen molar-refractivity contribution in [2.24, 2.45) is 17.8 Å². The zero-order valence-electron chi connectivity index (χ0n) is 10.4. The largest absolute Gasteiger partial charge is 0.353 e. The van der Waals surface area contributed by atoms with Gasteiger partial charge in [-0.1, -0.05) is 26.0 Å². The molecular weight excluding hydrogens is 188 g/mol. The molecule has 2 nitrogen and oxygen atoms in total. The summed E-state index contributed by atoms with van der Waals surface area (Å²) in [6.45, 7) is 10.1. The summed E-state index contributed by atoms with van der Waals surface area (Å²) in [7, 11) is 0. The lowest BCUT2D eigenvalue weighted by atomic mass is 9.77. The Morgan fingerprint density at radius 2 is 1.80 bits per heavy atom. The first-order chi connectivity index (χ1) is 7.20. The minimum absolute atomic E-state index is 0.0256. The van der Waals surface area contributed by atoms with Crippen molar-refractivity contribution in [3.05, 3.63) is 12.2 Å². The van der Waals surface area contributed by atoms with Crippen molar-refractivity contribution < 1.29 is 9.47 Å². The Morgan fingerprint density at radius 3 is 2.33 bits per heavy atom. The average molecular weight is 212 g/mol. The van der Waals surface area contributed by atoms with E-state index < -0.39 is 0 Å². The maximum atomic E-state index is 5.68. The van der Waals surface area contributed by atoms with Gasteiger partial charge in [-0.15, -0.1) is 0 Å². The molecule has 1 aliphatic carbocycles. The minimum Gasteiger partial charge on any atom is -0.353 e. The Morgan fingerprint density at radius 1 is 1.20 bits per heavy atom. The van der Waals surface area contributed by atoms with Crippen LogP contribution in [0.25, 0.3) is 0 Å². The third-order valence-electron chi connectivity index (χ3n) is 3.36. The smallest absolute Gasteiger partial charge is 0.160 e. The zero-order chi connectivity index (χ0) is 11.3. The van der Waals surface area contributed by atoms with E-state index in [1.165, 1.54) is 0 Å². The molecule has 0 fully saturated rings. The molecule has 15 heavy (non-hydrogen) atoms. The molecule has 88 valence electrons. The predicted octanol–water partition coefficient (Wildman–Crippen LogP) is 3.23. The Labute approximate surface area is 93.7 Å². The van der Waals surface area contributed by atoms with Crippen molar-refractivity contribution in [1.29, 1.82) is 0 Å². The summed E-state index contributed by atoms with van der Waals surface area (Å²) >= 11 is 0. The number of ether oxygens (including phenoxy) is 2. The molecule has 0 N–H and O–H groups in total. The Balaban J connectivity index is 2.61. The van der Waals surface area contributed by atoms with Crippen LogP contribution in [0.2, 0.25) is 0 Å². The fraction of sp³-hybridized carbons (Fsp3) is 0.846. The molecule has 0 saturated carbocycles. The molecule has 0 aromatic heterocycles. The molecule has 2 heteroatoms. The van der Waals surface area contributed by atoms with Crippen LogP contribution in [0.5, 0.6) is 0 Å². The van der Waals surface area contributed by atoms with Crippen LogP contribution in [0.15, 0.2) is 12.2 Å². The second kappa shape index (κ2) is 6.29. The summed E-state index contributed by atoms with van der Waals surface area (Å²) in [5.41, 5.74) is 0. The van der Waals surface area contributed by atoms with Crippen molar-refractivity contribution in [3.63, 3.8) is 0 Å². The minimum atomic E-state index is -0.0256. The molecule has 3 atom stereocenters. The summed E-state index contributed by atoms with van der Waals surface area (Å²) in [5, 5.41) is 0. The molecule has 1 rings (SSSR count). The van der Waals surface area contributed by atoms with Crippen LogP contribution in [-0.2, 0) is 9.47 Å². The molecule has 0 aromatic carbocycles. The topological polar surface area (TPSA) is 18.5 Å². The number of rotatable bonds is 5. The van der Waals surface area contributed by atoms with Gasteiger partial charge in [0.1, 0.15) is 0 Å². The van der Waals surface area contributed by atoms with Gasteiger partial charge in [0.25, 0.3) is 0 Å². The van der Waals surface area contributed by atoms with E-state index in [4.69, 9.17) is 9.47 Å². The lowest BCUT2D eigenvalue weighted by Crippen LogP contribution is -2.35. The normalized spacial score (nSPS) is 31.1. The Bertz CT molecular complexity index is 195. The first kappa shape index (κ1) is 12.7. The molecule has 3 unspecified atom stereocenters. The van der Waals surface area contributed by atoms with E-state index in [9.17, 15) is 0 Å². The average Bonchev–Trinajstić information content (AvgIpc) is 2.22. The van der Waals surface area contributed by atoms with Gasteiger partial charge >= 0.3 is 0 Å². The molecule has 0 bridgehead atoms. The Hall–Kier alpha value is -0.340. The summed E-state index contributed by atoms with van der Waals surface area (Å²) in [6.07, 6.45) is 5.62. The summed E-state index contributed by atoms with van der Waals surface area (Å²) in [4.78, 5) is 0. The van der Waals surface area contributed by atoms with Crippen molar-refractivity contribution in [1.82, 2.24) is 0 Å². The second-order valence-electron chi connectivity index (χ2n) is 4.33. The quantitative estimate of drug-likeness (QED) is 0.514. The van der Waals surface area contributed by atoms with Crippen LogP contribution in [0.4, 0.5) is 0 Å². The van der Waals surface area contributed by atoms with Gasteiger partial charge in [0.15, 0.2) is 6.29 Å². The van der Waals surface area contributed by atoms with Crippen molar-refractivity contribution in [2.45, 2.75) is 40.4 Å². The van der Waals surface area contributed by atoms with E-state index in [0.717, 1.165) is 19.6 Å². The first-order valence-corrected chi connectivity index (χ1v) is 6.10. The SMILES string of the molecule is CCOC(OCC)C1CC=CC(C)C1C. The molecule has 0 spiro atoms. The number of hydrogen-bond donors (Lipinski definition) is 0. The monoisotopic (exact) mass is 212 g/mol. The van der Waals surface area contributed by atoms with Crippen molar-refractivity contribution >= 4 is 0 Å². The molecular formula is C13H24O2. The van der Waals surface area contributed by atoms with E-state index in [0.29, 0.717) is 17.8 Å². The summed E-state index contributed by atoms with van der Waals surface area (Å²) in [6, 6.07) is 0. The van der Waals surface area contributed by atoms with Crippen LogP contribution in [0.1, 0.15) is 34.1 Å². The van der Waals surface area contributed by atoms with E-state index in [2.05, 4.69) is 26.0 Å². The fourth-order valence-electron chi connectivity index (χ4n) is 2.21.